The highest BCUT2D eigenvalue weighted by molar-refractivity contribution is 5.78. The summed E-state index contributed by atoms with van der Waals surface area (Å²) in [7, 11) is 0. The van der Waals surface area contributed by atoms with E-state index in [1.807, 2.05) is 0 Å². The molecule has 3 nitrogen and oxygen atoms in total. The number of hydrogen-bond donors (Lipinski definition) is 1. The van der Waals surface area contributed by atoms with Crippen LogP contribution in [-0.2, 0) is 9.53 Å². The van der Waals surface area contributed by atoms with E-state index in [0.717, 1.165) is 13.0 Å². The number of aliphatic hydroxyl groups excluding tert-OH is 1. The standard InChI is InChI=1S/C7H12O3/c8-4-3-6(9)1-2-7-5-10-7/h7-8H,1-5H2. The second-order valence-electron chi connectivity index (χ2n) is 2.51. The van der Waals surface area contributed by atoms with Gasteiger partial charge in [0.15, 0.2) is 0 Å². The van der Waals surface area contributed by atoms with Gasteiger partial charge in [0.1, 0.15) is 5.78 Å². The van der Waals surface area contributed by atoms with Gasteiger partial charge in [-0.15, -0.1) is 0 Å². The van der Waals surface area contributed by atoms with E-state index in [1.165, 1.54) is 0 Å². The van der Waals surface area contributed by atoms with Crippen LogP contribution in [0.5, 0.6) is 0 Å². The van der Waals surface area contributed by atoms with E-state index in [9.17, 15) is 4.79 Å². The maximum Gasteiger partial charge on any atom is 0.135 e. The molecule has 1 fully saturated rings. The van der Waals surface area contributed by atoms with Crippen molar-refractivity contribution in [2.45, 2.75) is 25.4 Å². The van der Waals surface area contributed by atoms with Gasteiger partial charge in [0.2, 0.25) is 0 Å². The van der Waals surface area contributed by atoms with Crippen molar-refractivity contribution in [3.8, 4) is 0 Å². The zero-order valence-electron chi connectivity index (χ0n) is 5.88. The van der Waals surface area contributed by atoms with Crippen molar-refractivity contribution < 1.29 is 14.6 Å². The number of rotatable bonds is 5. The van der Waals surface area contributed by atoms with E-state index in [1.54, 1.807) is 0 Å². The van der Waals surface area contributed by atoms with Crippen molar-refractivity contribution in [2.75, 3.05) is 13.2 Å². The molecule has 0 radical (unpaired) electrons. The van der Waals surface area contributed by atoms with Crippen molar-refractivity contribution in [3.05, 3.63) is 0 Å². The maximum absolute atomic E-state index is 10.8. The van der Waals surface area contributed by atoms with Crippen LogP contribution in [-0.4, -0.2) is 30.2 Å². The molecule has 0 aliphatic carbocycles. The fourth-order valence-electron chi connectivity index (χ4n) is 0.806. The quantitative estimate of drug-likeness (QED) is 0.557. The molecule has 1 atom stereocenters. The van der Waals surface area contributed by atoms with Crippen LogP contribution in [0.3, 0.4) is 0 Å². The van der Waals surface area contributed by atoms with E-state index in [0.29, 0.717) is 18.9 Å². The largest absolute Gasteiger partial charge is 0.396 e. The first kappa shape index (κ1) is 7.69. The summed E-state index contributed by atoms with van der Waals surface area (Å²) < 4.78 is 4.92. The van der Waals surface area contributed by atoms with Crippen LogP contribution in [0.1, 0.15) is 19.3 Å². The van der Waals surface area contributed by atoms with Gasteiger partial charge in [0.05, 0.1) is 12.7 Å². The molecular formula is C7H12O3. The number of carbonyl (C=O) groups is 1. The van der Waals surface area contributed by atoms with Crippen molar-refractivity contribution in [2.24, 2.45) is 0 Å². The van der Waals surface area contributed by atoms with Crippen LogP contribution in [0.25, 0.3) is 0 Å². The van der Waals surface area contributed by atoms with Gasteiger partial charge >= 0.3 is 0 Å². The summed E-state index contributed by atoms with van der Waals surface area (Å²) in [6.45, 7) is 0.788. The van der Waals surface area contributed by atoms with Gasteiger partial charge in [-0.25, -0.2) is 0 Å². The zero-order chi connectivity index (χ0) is 7.40. The molecule has 0 aromatic carbocycles. The Hall–Kier alpha value is -0.410. The van der Waals surface area contributed by atoms with Crippen LogP contribution < -0.4 is 0 Å². The number of Topliss-reactive ketones (excluding diaryl/α,β-unsaturated/α-hetero) is 1. The lowest BCUT2D eigenvalue weighted by Gasteiger charge is -1.93. The zero-order valence-corrected chi connectivity index (χ0v) is 5.88. The van der Waals surface area contributed by atoms with E-state index in [2.05, 4.69) is 0 Å². The Morgan fingerprint density at radius 1 is 1.60 bits per heavy atom. The van der Waals surface area contributed by atoms with Gasteiger partial charge in [-0.3, -0.25) is 4.79 Å². The molecule has 1 saturated heterocycles. The Morgan fingerprint density at radius 2 is 2.30 bits per heavy atom. The molecule has 1 N–H and O–H groups in total. The van der Waals surface area contributed by atoms with Crippen LogP contribution >= 0.6 is 0 Å². The lowest BCUT2D eigenvalue weighted by molar-refractivity contribution is -0.119. The molecule has 1 unspecified atom stereocenters. The fourth-order valence-corrected chi connectivity index (χ4v) is 0.806. The van der Waals surface area contributed by atoms with E-state index in [4.69, 9.17) is 9.84 Å². The Bertz CT molecular complexity index is 118. The molecule has 10 heavy (non-hydrogen) atoms. The summed E-state index contributed by atoms with van der Waals surface area (Å²) in [6.07, 6.45) is 2.03. The first-order chi connectivity index (χ1) is 4.83. The minimum Gasteiger partial charge on any atom is -0.396 e. The van der Waals surface area contributed by atoms with Crippen LogP contribution in [0.2, 0.25) is 0 Å². The minimum atomic E-state index is -0.0235. The topological polar surface area (TPSA) is 49.8 Å². The van der Waals surface area contributed by atoms with Crippen LogP contribution in [0.4, 0.5) is 0 Å². The number of aliphatic hydroxyl groups is 1. The monoisotopic (exact) mass is 144 g/mol. The smallest absolute Gasteiger partial charge is 0.135 e. The predicted octanol–water partition coefficient (Wildman–Crippen LogP) is 0.117. The average molecular weight is 144 g/mol. The summed E-state index contributed by atoms with van der Waals surface area (Å²) in [6, 6.07) is 0. The summed E-state index contributed by atoms with van der Waals surface area (Å²) >= 11 is 0. The number of ketones is 1. The molecule has 1 aliphatic heterocycles. The third kappa shape index (κ3) is 2.94. The molecule has 0 bridgehead atoms. The Balaban J connectivity index is 1.94. The van der Waals surface area contributed by atoms with E-state index in [-0.39, 0.29) is 12.4 Å². The van der Waals surface area contributed by atoms with Crippen LogP contribution in [0.15, 0.2) is 0 Å². The van der Waals surface area contributed by atoms with Gasteiger partial charge in [-0.05, 0) is 6.42 Å². The summed E-state index contributed by atoms with van der Waals surface area (Å²) in [4.78, 5) is 10.8. The third-order valence-electron chi connectivity index (χ3n) is 1.54. The van der Waals surface area contributed by atoms with Gasteiger partial charge in [-0.1, -0.05) is 0 Å². The Kier molecular flexibility index (Phi) is 2.83. The van der Waals surface area contributed by atoms with Crippen molar-refractivity contribution >= 4 is 5.78 Å². The first-order valence-electron chi connectivity index (χ1n) is 3.57. The highest BCUT2D eigenvalue weighted by Gasteiger charge is 2.22. The van der Waals surface area contributed by atoms with Crippen molar-refractivity contribution in [1.29, 1.82) is 0 Å². The molecule has 0 spiro atoms. The molecule has 0 amide bonds. The van der Waals surface area contributed by atoms with Crippen molar-refractivity contribution in [1.82, 2.24) is 0 Å². The molecular weight excluding hydrogens is 132 g/mol. The lowest BCUT2D eigenvalue weighted by atomic mass is 10.1. The highest BCUT2D eigenvalue weighted by atomic mass is 16.6. The van der Waals surface area contributed by atoms with E-state index < -0.39 is 0 Å². The number of ether oxygens (including phenoxy) is 1. The Morgan fingerprint density at radius 3 is 2.80 bits per heavy atom. The normalized spacial score (nSPS) is 22.7. The second kappa shape index (κ2) is 3.68. The van der Waals surface area contributed by atoms with Gasteiger partial charge in [0, 0.05) is 19.4 Å². The van der Waals surface area contributed by atoms with Gasteiger partial charge in [0.25, 0.3) is 0 Å². The Labute approximate surface area is 60.0 Å². The minimum absolute atomic E-state index is 0.0235. The number of carbonyl (C=O) groups excluding carboxylic acids is 1. The SMILES string of the molecule is O=C(CCO)CCC1CO1. The van der Waals surface area contributed by atoms with E-state index >= 15 is 0 Å². The third-order valence-corrected chi connectivity index (χ3v) is 1.54. The average Bonchev–Trinajstić information content (AvgIpc) is 2.67. The summed E-state index contributed by atoms with van der Waals surface area (Å²) in [5.41, 5.74) is 0. The number of epoxide rings is 1. The highest BCUT2D eigenvalue weighted by Crippen LogP contribution is 2.15. The fraction of sp³-hybridized carbons (Fsp3) is 0.857. The van der Waals surface area contributed by atoms with Crippen LogP contribution in [0, 0.1) is 0 Å². The van der Waals surface area contributed by atoms with Gasteiger partial charge in [-0.2, -0.15) is 0 Å². The molecule has 0 aromatic heterocycles. The summed E-state index contributed by atoms with van der Waals surface area (Å²) in [5, 5.41) is 8.37. The second-order valence-corrected chi connectivity index (χ2v) is 2.51. The van der Waals surface area contributed by atoms with Crippen molar-refractivity contribution in [3.63, 3.8) is 0 Å². The molecule has 58 valence electrons. The molecule has 3 heteroatoms. The van der Waals surface area contributed by atoms with Gasteiger partial charge < -0.3 is 9.84 Å². The molecule has 1 heterocycles. The molecule has 1 aliphatic rings. The molecule has 0 saturated carbocycles. The maximum atomic E-state index is 10.8. The summed E-state index contributed by atoms with van der Waals surface area (Å²) in [5.74, 6) is 0.137. The molecule has 0 aromatic rings. The lowest BCUT2D eigenvalue weighted by Crippen LogP contribution is -2.02. The number of hydrogen-bond acceptors (Lipinski definition) is 3. The first-order valence-corrected chi connectivity index (χ1v) is 3.57. The predicted molar refractivity (Wildman–Crippen MR) is 35.7 cm³/mol. The molecule has 1 rings (SSSR count).